The number of carboxylic acid groups (broad SMARTS) is 1. The molecule has 82 valence electrons. The lowest BCUT2D eigenvalue weighted by Crippen LogP contribution is -2.35. The standard InChI is InChI=1S/C10H11Cl2NO2/c1-13-9(10(14)15)4-6-2-3-7(11)5-8(6)12/h2-3,5,9,13H,4H2,1H3,(H,14,15). The number of benzene rings is 1. The van der Waals surface area contributed by atoms with Gasteiger partial charge in [0.2, 0.25) is 0 Å². The quantitative estimate of drug-likeness (QED) is 0.858. The van der Waals surface area contributed by atoms with Crippen molar-refractivity contribution >= 4 is 29.2 Å². The fraction of sp³-hybridized carbons (Fsp3) is 0.300. The number of nitrogens with one attached hydrogen (secondary N) is 1. The molecule has 1 unspecified atom stereocenters. The lowest BCUT2D eigenvalue weighted by molar-refractivity contribution is -0.139. The number of carbonyl (C=O) groups is 1. The Morgan fingerprint density at radius 1 is 1.53 bits per heavy atom. The van der Waals surface area contributed by atoms with Gasteiger partial charge in [-0.25, -0.2) is 0 Å². The Hall–Kier alpha value is -0.770. The summed E-state index contributed by atoms with van der Waals surface area (Å²) in [5.41, 5.74) is 0.766. The van der Waals surface area contributed by atoms with Gasteiger partial charge >= 0.3 is 5.97 Å². The van der Waals surface area contributed by atoms with Crippen molar-refractivity contribution in [1.82, 2.24) is 5.32 Å². The van der Waals surface area contributed by atoms with Gasteiger partial charge in [0.25, 0.3) is 0 Å². The molecule has 0 aliphatic rings. The van der Waals surface area contributed by atoms with Crippen LogP contribution in [0.25, 0.3) is 0 Å². The van der Waals surface area contributed by atoms with E-state index in [1.165, 1.54) is 0 Å². The Labute approximate surface area is 98.0 Å². The zero-order chi connectivity index (χ0) is 11.4. The molecular weight excluding hydrogens is 237 g/mol. The number of hydrogen-bond donors (Lipinski definition) is 2. The summed E-state index contributed by atoms with van der Waals surface area (Å²) >= 11 is 11.7. The van der Waals surface area contributed by atoms with Crippen molar-refractivity contribution in [2.75, 3.05) is 7.05 Å². The van der Waals surface area contributed by atoms with E-state index >= 15 is 0 Å². The molecular formula is C10H11Cl2NO2. The largest absolute Gasteiger partial charge is 0.480 e. The minimum atomic E-state index is -0.900. The molecule has 15 heavy (non-hydrogen) atoms. The second kappa shape index (κ2) is 5.35. The van der Waals surface area contributed by atoms with E-state index in [1.54, 1.807) is 25.2 Å². The van der Waals surface area contributed by atoms with Crippen molar-refractivity contribution in [1.29, 1.82) is 0 Å². The highest BCUT2D eigenvalue weighted by Gasteiger charge is 2.16. The average Bonchev–Trinajstić information content (AvgIpc) is 2.16. The molecule has 0 fully saturated rings. The molecule has 0 aromatic heterocycles. The van der Waals surface area contributed by atoms with E-state index in [4.69, 9.17) is 28.3 Å². The highest BCUT2D eigenvalue weighted by atomic mass is 35.5. The van der Waals surface area contributed by atoms with Gasteiger partial charge in [-0.05, 0) is 31.2 Å². The first kappa shape index (κ1) is 12.3. The average molecular weight is 248 g/mol. The Morgan fingerprint density at radius 3 is 2.67 bits per heavy atom. The number of rotatable bonds is 4. The molecule has 0 saturated carbocycles. The lowest BCUT2D eigenvalue weighted by atomic mass is 10.1. The van der Waals surface area contributed by atoms with E-state index in [0.29, 0.717) is 16.5 Å². The van der Waals surface area contributed by atoms with Crippen LogP contribution < -0.4 is 5.32 Å². The van der Waals surface area contributed by atoms with Crippen LogP contribution in [0, 0.1) is 0 Å². The van der Waals surface area contributed by atoms with Gasteiger partial charge in [0.1, 0.15) is 6.04 Å². The van der Waals surface area contributed by atoms with Crippen molar-refractivity contribution < 1.29 is 9.90 Å². The number of carboxylic acids is 1. The van der Waals surface area contributed by atoms with E-state index in [0.717, 1.165) is 5.56 Å². The first-order valence-corrected chi connectivity index (χ1v) is 5.14. The number of aliphatic carboxylic acids is 1. The highest BCUT2D eigenvalue weighted by Crippen LogP contribution is 2.22. The second-order valence-corrected chi connectivity index (χ2v) is 3.96. The third-order valence-electron chi connectivity index (χ3n) is 2.09. The monoisotopic (exact) mass is 247 g/mol. The second-order valence-electron chi connectivity index (χ2n) is 3.12. The van der Waals surface area contributed by atoms with Gasteiger partial charge in [-0.2, -0.15) is 0 Å². The minimum Gasteiger partial charge on any atom is -0.480 e. The Bertz CT molecular complexity index is 368. The summed E-state index contributed by atoms with van der Waals surface area (Å²) < 4.78 is 0. The predicted molar refractivity (Wildman–Crippen MR) is 60.6 cm³/mol. The minimum absolute atomic E-state index is 0.335. The van der Waals surface area contributed by atoms with Gasteiger partial charge in [0, 0.05) is 10.0 Å². The molecule has 0 amide bonds. The third-order valence-corrected chi connectivity index (χ3v) is 2.67. The topological polar surface area (TPSA) is 49.3 Å². The SMILES string of the molecule is CNC(Cc1ccc(Cl)cc1Cl)C(=O)O. The lowest BCUT2D eigenvalue weighted by Gasteiger charge is -2.12. The maximum Gasteiger partial charge on any atom is 0.321 e. The van der Waals surface area contributed by atoms with Crippen LogP contribution in [0.2, 0.25) is 10.0 Å². The van der Waals surface area contributed by atoms with Gasteiger partial charge in [0.05, 0.1) is 0 Å². The Kier molecular flexibility index (Phi) is 4.39. The maximum atomic E-state index is 10.8. The van der Waals surface area contributed by atoms with Crippen LogP contribution in [-0.4, -0.2) is 24.2 Å². The van der Waals surface area contributed by atoms with Crippen molar-refractivity contribution in [3.63, 3.8) is 0 Å². The molecule has 1 aromatic rings. The molecule has 5 heteroatoms. The smallest absolute Gasteiger partial charge is 0.321 e. The molecule has 1 atom stereocenters. The Balaban J connectivity index is 2.84. The maximum absolute atomic E-state index is 10.8. The van der Waals surface area contributed by atoms with Crippen LogP contribution in [0.4, 0.5) is 0 Å². The van der Waals surface area contributed by atoms with Gasteiger partial charge < -0.3 is 10.4 Å². The molecule has 0 heterocycles. The normalized spacial score (nSPS) is 12.5. The number of likely N-dealkylation sites (N-methyl/N-ethyl adjacent to an activating group) is 1. The summed E-state index contributed by atoms with van der Waals surface area (Å²) in [6.45, 7) is 0. The molecule has 1 aromatic carbocycles. The molecule has 3 nitrogen and oxygen atoms in total. The van der Waals surface area contributed by atoms with Gasteiger partial charge in [-0.1, -0.05) is 29.3 Å². The number of hydrogen-bond acceptors (Lipinski definition) is 2. The van der Waals surface area contributed by atoms with E-state index in [2.05, 4.69) is 5.32 Å². The fourth-order valence-corrected chi connectivity index (χ4v) is 1.71. The zero-order valence-corrected chi connectivity index (χ0v) is 9.64. The summed E-state index contributed by atoms with van der Waals surface area (Å²) in [5, 5.41) is 12.6. The van der Waals surface area contributed by atoms with Gasteiger partial charge in [0.15, 0.2) is 0 Å². The van der Waals surface area contributed by atoms with Crippen molar-refractivity contribution in [2.24, 2.45) is 0 Å². The summed E-state index contributed by atoms with van der Waals surface area (Å²) in [4.78, 5) is 10.8. The first-order valence-electron chi connectivity index (χ1n) is 4.38. The predicted octanol–water partition coefficient (Wildman–Crippen LogP) is 2.21. The van der Waals surface area contributed by atoms with Crippen LogP contribution in [0.15, 0.2) is 18.2 Å². The fourth-order valence-electron chi connectivity index (χ4n) is 1.22. The van der Waals surface area contributed by atoms with Crippen LogP contribution in [0.5, 0.6) is 0 Å². The van der Waals surface area contributed by atoms with E-state index < -0.39 is 12.0 Å². The van der Waals surface area contributed by atoms with Gasteiger partial charge in [-0.3, -0.25) is 4.79 Å². The summed E-state index contributed by atoms with van der Waals surface area (Å²) in [5.74, 6) is -0.900. The first-order chi connectivity index (χ1) is 7.04. The summed E-state index contributed by atoms with van der Waals surface area (Å²) in [6, 6.07) is 4.39. The molecule has 0 bridgehead atoms. The summed E-state index contributed by atoms with van der Waals surface area (Å²) in [6.07, 6.45) is 0.335. The van der Waals surface area contributed by atoms with E-state index in [9.17, 15) is 4.79 Å². The Morgan fingerprint density at radius 2 is 2.20 bits per heavy atom. The van der Waals surface area contributed by atoms with Crippen molar-refractivity contribution in [3.8, 4) is 0 Å². The third kappa shape index (κ3) is 3.38. The number of halogens is 2. The molecule has 2 N–H and O–H groups in total. The van der Waals surface area contributed by atoms with Crippen molar-refractivity contribution in [3.05, 3.63) is 33.8 Å². The van der Waals surface area contributed by atoms with Crippen LogP contribution in [0.3, 0.4) is 0 Å². The zero-order valence-electron chi connectivity index (χ0n) is 8.13. The van der Waals surface area contributed by atoms with Crippen LogP contribution in [-0.2, 0) is 11.2 Å². The highest BCUT2D eigenvalue weighted by molar-refractivity contribution is 6.35. The molecule has 0 aliphatic carbocycles. The molecule has 1 rings (SSSR count). The van der Waals surface area contributed by atoms with E-state index in [-0.39, 0.29) is 0 Å². The van der Waals surface area contributed by atoms with Crippen LogP contribution >= 0.6 is 23.2 Å². The summed E-state index contributed by atoms with van der Waals surface area (Å²) in [7, 11) is 1.60. The molecule has 0 spiro atoms. The van der Waals surface area contributed by atoms with Gasteiger partial charge in [-0.15, -0.1) is 0 Å². The van der Waals surface area contributed by atoms with Crippen molar-refractivity contribution in [2.45, 2.75) is 12.5 Å². The molecule has 0 radical (unpaired) electrons. The van der Waals surface area contributed by atoms with E-state index in [1.807, 2.05) is 0 Å². The molecule has 0 aliphatic heterocycles. The van der Waals surface area contributed by atoms with Crippen LogP contribution in [0.1, 0.15) is 5.56 Å². The molecule has 0 saturated heterocycles.